The molecule has 0 unspecified atom stereocenters. The van der Waals surface area contributed by atoms with Crippen LogP contribution in [0.2, 0.25) is 5.02 Å². The molecule has 0 aliphatic rings. The fraction of sp³-hybridized carbons (Fsp3) is 0.300. The van der Waals surface area contributed by atoms with Gasteiger partial charge in [-0.3, -0.25) is 4.79 Å². The predicted molar refractivity (Wildman–Crippen MR) is 109 cm³/mol. The van der Waals surface area contributed by atoms with Crippen molar-refractivity contribution in [3.8, 4) is 5.75 Å². The van der Waals surface area contributed by atoms with Gasteiger partial charge in [-0.25, -0.2) is 14.6 Å². The Morgan fingerprint density at radius 3 is 2.57 bits per heavy atom. The third-order valence-corrected chi connectivity index (χ3v) is 4.85. The maximum Gasteiger partial charge on any atom is 0.333 e. The third kappa shape index (κ3) is 5.10. The minimum Gasteiger partial charge on any atom is -0.495 e. The number of hydrogen-bond acceptors (Lipinski definition) is 6. The number of nitrogens with one attached hydrogen (secondary N) is 1. The summed E-state index contributed by atoms with van der Waals surface area (Å²) in [5.74, 6) is 0.744. The second-order valence-electron chi connectivity index (χ2n) is 6.45. The Labute approximate surface area is 177 Å². The number of aromatic nitrogens is 4. The molecular formula is C20H20ClF2N5O2. The minimum atomic E-state index is -2.71. The number of anilines is 2. The van der Waals surface area contributed by atoms with E-state index in [2.05, 4.69) is 20.4 Å². The molecule has 0 aliphatic carbocycles. The Bertz CT molecular complexity index is 1020. The smallest absolute Gasteiger partial charge is 0.333 e. The molecule has 0 saturated heterocycles. The van der Waals surface area contributed by atoms with E-state index in [4.69, 9.17) is 16.3 Å². The van der Waals surface area contributed by atoms with Crippen molar-refractivity contribution >= 4 is 29.0 Å². The molecule has 0 atom stereocenters. The number of nitrogens with zero attached hydrogens (tertiary/aromatic N) is 4. The van der Waals surface area contributed by atoms with Gasteiger partial charge in [0.1, 0.15) is 5.75 Å². The van der Waals surface area contributed by atoms with Crippen molar-refractivity contribution in [2.24, 2.45) is 0 Å². The number of carbonyl (C=O) groups excluding carboxylic acids is 1. The number of methoxy groups -OCH3 is 1. The lowest BCUT2D eigenvalue weighted by molar-refractivity contribution is 0.0566. The maximum atomic E-state index is 12.6. The molecule has 3 rings (SSSR count). The van der Waals surface area contributed by atoms with Crippen LogP contribution >= 0.6 is 11.6 Å². The number of benzene rings is 1. The molecule has 0 saturated carbocycles. The van der Waals surface area contributed by atoms with E-state index in [9.17, 15) is 13.6 Å². The fourth-order valence-corrected chi connectivity index (χ4v) is 3.10. The van der Waals surface area contributed by atoms with Crippen molar-refractivity contribution in [3.05, 3.63) is 58.6 Å². The Morgan fingerprint density at radius 1 is 1.23 bits per heavy atom. The fourth-order valence-electron chi connectivity index (χ4n) is 2.82. The summed E-state index contributed by atoms with van der Waals surface area (Å²) in [6, 6.07) is 3.44. The number of alkyl halides is 2. The molecule has 0 bridgehead atoms. The van der Waals surface area contributed by atoms with Crippen LogP contribution < -0.4 is 10.1 Å². The summed E-state index contributed by atoms with van der Waals surface area (Å²) >= 11 is 6.40. The molecule has 1 aromatic carbocycles. The van der Waals surface area contributed by atoms with Gasteiger partial charge in [0.05, 0.1) is 30.2 Å². The summed E-state index contributed by atoms with van der Waals surface area (Å²) in [6.45, 7) is -0.908. The molecule has 7 nitrogen and oxygen atoms in total. The molecule has 1 N–H and O–H groups in total. The van der Waals surface area contributed by atoms with Crippen molar-refractivity contribution in [2.75, 3.05) is 12.4 Å². The highest BCUT2D eigenvalue weighted by molar-refractivity contribution is 6.33. The zero-order valence-electron chi connectivity index (χ0n) is 16.4. The standard InChI is InChI=1S/C20H20ClF2N5O2/c1-3-16(29)14-6-13(18(21)17(7-14)30-2)5-4-12-8-24-20(25-9-12)27-15-10-26-28(11-15)19(22)23/h6-11,19H,3-5H2,1-2H3,(H,24,25,27). The van der Waals surface area contributed by atoms with E-state index in [1.807, 2.05) is 0 Å². The lowest BCUT2D eigenvalue weighted by Crippen LogP contribution is -2.03. The van der Waals surface area contributed by atoms with Crippen LogP contribution in [0.3, 0.4) is 0 Å². The van der Waals surface area contributed by atoms with E-state index >= 15 is 0 Å². The molecule has 158 valence electrons. The SMILES string of the molecule is CCC(=O)c1cc(CCc2cnc(Nc3cnn(C(F)F)c3)nc2)c(Cl)c(OC)c1. The predicted octanol–water partition coefficient (Wildman–Crippen LogP) is 4.85. The summed E-state index contributed by atoms with van der Waals surface area (Å²) in [5.41, 5.74) is 2.58. The normalized spacial score (nSPS) is 11.0. The van der Waals surface area contributed by atoms with E-state index in [1.54, 1.807) is 31.5 Å². The molecule has 30 heavy (non-hydrogen) atoms. The van der Waals surface area contributed by atoms with Gasteiger partial charge in [0.15, 0.2) is 5.78 Å². The Morgan fingerprint density at radius 2 is 1.97 bits per heavy atom. The molecule has 0 radical (unpaired) electrons. The largest absolute Gasteiger partial charge is 0.495 e. The summed E-state index contributed by atoms with van der Waals surface area (Å²) in [7, 11) is 1.51. The monoisotopic (exact) mass is 435 g/mol. The van der Waals surface area contributed by atoms with Crippen molar-refractivity contribution in [1.29, 1.82) is 0 Å². The number of ketones is 1. The van der Waals surface area contributed by atoms with Crippen LogP contribution in [-0.4, -0.2) is 32.6 Å². The van der Waals surface area contributed by atoms with Crippen LogP contribution in [0.5, 0.6) is 5.75 Å². The number of ether oxygens (including phenoxy) is 1. The zero-order valence-corrected chi connectivity index (χ0v) is 17.2. The number of carbonyl (C=O) groups is 1. The van der Waals surface area contributed by atoms with Crippen molar-refractivity contribution in [2.45, 2.75) is 32.7 Å². The topological polar surface area (TPSA) is 81.9 Å². The van der Waals surface area contributed by atoms with Gasteiger partial charge >= 0.3 is 6.55 Å². The second kappa shape index (κ2) is 9.62. The molecule has 0 spiro atoms. The van der Waals surface area contributed by atoms with E-state index in [1.165, 1.54) is 19.5 Å². The molecule has 2 aromatic heterocycles. The highest BCUT2D eigenvalue weighted by Crippen LogP contribution is 2.31. The number of halogens is 3. The lowest BCUT2D eigenvalue weighted by atomic mass is 10.0. The maximum absolute atomic E-state index is 12.6. The molecule has 3 aromatic rings. The zero-order chi connectivity index (χ0) is 21.7. The Balaban J connectivity index is 1.68. The first kappa shape index (κ1) is 21.6. The highest BCUT2D eigenvalue weighted by atomic mass is 35.5. The van der Waals surface area contributed by atoms with Crippen molar-refractivity contribution in [3.63, 3.8) is 0 Å². The summed E-state index contributed by atoms with van der Waals surface area (Å²) < 4.78 is 31.0. The lowest BCUT2D eigenvalue weighted by Gasteiger charge is -2.12. The number of Topliss-reactive ketones (excluding diaryl/α,β-unsaturated/α-hetero) is 1. The van der Waals surface area contributed by atoms with Gasteiger partial charge < -0.3 is 10.1 Å². The summed E-state index contributed by atoms with van der Waals surface area (Å²) in [6.07, 6.45) is 7.26. The third-order valence-electron chi connectivity index (χ3n) is 4.42. The van der Waals surface area contributed by atoms with Crippen molar-refractivity contribution < 1.29 is 18.3 Å². The van der Waals surface area contributed by atoms with Crippen LogP contribution in [0.25, 0.3) is 0 Å². The number of rotatable bonds is 9. The number of hydrogen-bond donors (Lipinski definition) is 1. The first-order valence-electron chi connectivity index (χ1n) is 9.21. The molecule has 0 amide bonds. The van der Waals surface area contributed by atoms with E-state index < -0.39 is 6.55 Å². The van der Waals surface area contributed by atoms with Crippen molar-refractivity contribution in [1.82, 2.24) is 19.7 Å². The Hall–Kier alpha value is -3.07. The van der Waals surface area contributed by atoms with Gasteiger partial charge in [0, 0.05) is 24.4 Å². The van der Waals surface area contributed by atoms with Gasteiger partial charge in [-0.2, -0.15) is 13.9 Å². The number of aryl methyl sites for hydroxylation is 2. The second-order valence-corrected chi connectivity index (χ2v) is 6.83. The van der Waals surface area contributed by atoms with Crippen LogP contribution in [0.15, 0.2) is 36.9 Å². The average molecular weight is 436 g/mol. The first-order chi connectivity index (χ1) is 14.4. The average Bonchev–Trinajstić information content (AvgIpc) is 3.22. The van der Waals surface area contributed by atoms with Crippen LogP contribution in [0.1, 0.15) is 41.4 Å². The van der Waals surface area contributed by atoms with Gasteiger partial charge in [0.25, 0.3) is 0 Å². The van der Waals surface area contributed by atoms with Gasteiger partial charge in [0.2, 0.25) is 5.95 Å². The first-order valence-corrected chi connectivity index (χ1v) is 9.59. The molecule has 0 fully saturated rings. The summed E-state index contributed by atoms with van der Waals surface area (Å²) in [5, 5.41) is 6.83. The molecular weight excluding hydrogens is 416 g/mol. The van der Waals surface area contributed by atoms with Gasteiger partial charge in [-0.05, 0) is 36.1 Å². The molecule has 2 heterocycles. The van der Waals surface area contributed by atoms with Gasteiger partial charge in [-0.1, -0.05) is 18.5 Å². The Kier molecular flexibility index (Phi) is 6.94. The molecule has 10 heteroatoms. The van der Waals surface area contributed by atoms with Crippen LogP contribution in [-0.2, 0) is 12.8 Å². The van der Waals surface area contributed by atoms with E-state index in [-0.39, 0.29) is 11.7 Å². The van der Waals surface area contributed by atoms with E-state index in [0.717, 1.165) is 11.1 Å². The minimum absolute atomic E-state index is 0.0140. The van der Waals surface area contributed by atoms with E-state index in [0.29, 0.717) is 46.0 Å². The highest BCUT2D eigenvalue weighted by Gasteiger charge is 2.14. The van der Waals surface area contributed by atoms with Crippen LogP contribution in [0.4, 0.5) is 20.4 Å². The van der Waals surface area contributed by atoms with Gasteiger partial charge in [-0.15, -0.1) is 0 Å². The molecule has 0 aliphatic heterocycles. The quantitative estimate of drug-likeness (QED) is 0.484. The van der Waals surface area contributed by atoms with Crippen LogP contribution in [0, 0.1) is 0 Å². The summed E-state index contributed by atoms with van der Waals surface area (Å²) in [4.78, 5) is 20.5.